The highest BCUT2D eigenvalue weighted by molar-refractivity contribution is 7.99. The van der Waals surface area contributed by atoms with Gasteiger partial charge in [0.05, 0.1) is 26.7 Å². The van der Waals surface area contributed by atoms with Gasteiger partial charge in [0.2, 0.25) is 0 Å². The SMILES string of the molecule is COc1cc(OCCCCN2CCSCC2)c(CC=C(C)C)c2c1C(=O)CC(c1ccc(OCCCCN3CCSCC3)cc1)O2. The molecule has 0 bridgehead atoms. The third-order valence-electron chi connectivity index (χ3n) is 8.87. The number of Topliss-reactive ketones (excluding diaryl/α,β-unsaturated/α-hetero) is 1. The predicted octanol–water partition coefficient (Wildman–Crippen LogP) is 7.33. The van der Waals surface area contributed by atoms with Gasteiger partial charge in [0.1, 0.15) is 34.7 Å². The van der Waals surface area contributed by atoms with Crippen LogP contribution in [-0.2, 0) is 6.42 Å². The molecule has 3 aliphatic rings. The predicted molar refractivity (Wildman–Crippen MR) is 192 cm³/mol. The highest BCUT2D eigenvalue weighted by Crippen LogP contribution is 2.46. The van der Waals surface area contributed by atoms with E-state index in [1.807, 2.05) is 42.1 Å². The van der Waals surface area contributed by atoms with Crippen molar-refractivity contribution >= 4 is 29.3 Å². The molecule has 0 aromatic heterocycles. The summed E-state index contributed by atoms with van der Waals surface area (Å²) in [6.45, 7) is 12.5. The minimum Gasteiger partial charge on any atom is -0.496 e. The second kappa shape index (κ2) is 18.3. The van der Waals surface area contributed by atoms with E-state index in [2.05, 4.69) is 41.5 Å². The van der Waals surface area contributed by atoms with Crippen LogP contribution in [0.4, 0.5) is 0 Å². The third-order valence-corrected chi connectivity index (χ3v) is 10.8. The van der Waals surface area contributed by atoms with Gasteiger partial charge in [0.25, 0.3) is 0 Å². The van der Waals surface area contributed by atoms with Crippen LogP contribution in [0, 0.1) is 0 Å². The van der Waals surface area contributed by atoms with Crippen molar-refractivity contribution in [2.24, 2.45) is 0 Å². The summed E-state index contributed by atoms with van der Waals surface area (Å²) >= 11 is 4.10. The number of rotatable bonds is 16. The normalized spacial score (nSPS) is 18.8. The van der Waals surface area contributed by atoms with Crippen molar-refractivity contribution < 1.29 is 23.7 Å². The number of thioether (sulfide) groups is 2. The van der Waals surface area contributed by atoms with E-state index in [1.54, 1.807) is 7.11 Å². The average Bonchev–Trinajstić information content (AvgIpc) is 3.08. The first-order valence-electron chi connectivity index (χ1n) is 17.0. The second-order valence-electron chi connectivity index (χ2n) is 12.6. The summed E-state index contributed by atoms with van der Waals surface area (Å²) in [5, 5.41) is 0. The van der Waals surface area contributed by atoms with Crippen LogP contribution >= 0.6 is 23.5 Å². The molecule has 2 fully saturated rings. The monoisotopic (exact) mass is 668 g/mol. The Morgan fingerprint density at radius 2 is 1.48 bits per heavy atom. The van der Waals surface area contributed by atoms with Crippen LogP contribution in [0.25, 0.3) is 0 Å². The van der Waals surface area contributed by atoms with Crippen molar-refractivity contribution in [3.63, 3.8) is 0 Å². The van der Waals surface area contributed by atoms with Crippen molar-refractivity contribution in [1.82, 2.24) is 9.80 Å². The molecule has 2 saturated heterocycles. The molecule has 2 aromatic carbocycles. The van der Waals surface area contributed by atoms with E-state index >= 15 is 0 Å². The highest BCUT2D eigenvalue weighted by Gasteiger charge is 2.34. The maximum atomic E-state index is 13.6. The minimum absolute atomic E-state index is 0.0282. The Labute approximate surface area is 284 Å². The molecule has 0 radical (unpaired) electrons. The smallest absolute Gasteiger partial charge is 0.174 e. The van der Waals surface area contributed by atoms with Crippen molar-refractivity contribution in [2.75, 3.05) is 82.6 Å². The van der Waals surface area contributed by atoms with Gasteiger partial charge in [0.15, 0.2) is 5.78 Å². The summed E-state index contributed by atoms with van der Waals surface area (Å²) < 4.78 is 24.9. The summed E-state index contributed by atoms with van der Waals surface area (Å²) in [4.78, 5) is 18.7. The van der Waals surface area contributed by atoms with Crippen LogP contribution in [0.5, 0.6) is 23.0 Å². The van der Waals surface area contributed by atoms with E-state index in [4.69, 9.17) is 18.9 Å². The molecule has 0 N–H and O–H groups in total. The molecular formula is C37H52N2O5S2. The average molecular weight is 669 g/mol. The first-order valence-corrected chi connectivity index (χ1v) is 19.4. The number of benzene rings is 2. The lowest BCUT2D eigenvalue weighted by Gasteiger charge is -2.30. The zero-order valence-corrected chi connectivity index (χ0v) is 29.7. The molecule has 9 heteroatoms. The fraction of sp³-hybridized carbons (Fsp3) is 0.595. The number of ether oxygens (including phenoxy) is 4. The standard InChI is InChI=1S/C37H52N2O5S2/c1-28(2)8-13-31-34(43-21-7-5-15-39-18-24-46-25-19-39)27-35(41-3)36-32(40)26-33(44-37(31)36)29-9-11-30(12-10-29)42-20-6-4-14-38-16-22-45-23-17-38/h8-12,27,33H,4-7,13-26H2,1-3H3. The first kappa shape index (κ1) is 35.0. The van der Waals surface area contributed by atoms with Crippen molar-refractivity contribution in [2.45, 2.75) is 58.5 Å². The van der Waals surface area contributed by atoms with Gasteiger partial charge < -0.3 is 28.7 Å². The number of fused-ring (bicyclic) bond motifs is 1. The van der Waals surface area contributed by atoms with E-state index in [1.165, 1.54) is 54.8 Å². The summed E-state index contributed by atoms with van der Waals surface area (Å²) in [5.74, 6) is 7.69. The van der Waals surface area contributed by atoms with Gasteiger partial charge in [-0.2, -0.15) is 23.5 Å². The van der Waals surface area contributed by atoms with Crippen LogP contribution in [0.3, 0.4) is 0 Å². The lowest BCUT2D eigenvalue weighted by molar-refractivity contribution is 0.0841. The van der Waals surface area contributed by atoms with E-state index in [0.29, 0.717) is 36.7 Å². The van der Waals surface area contributed by atoms with Gasteiger partial charge in [-0.15, -0.1) is 0 Å². The molecule has 7 nitrogen and oxygen atoms in total. The third kappa shape index (κ3) is 10.1. The Hall–Kier alpha value is -2.33. The van der Waals surface area contributed by atoms with Gasteiger partial charge in [-0.05, 0) is 76.7 Å². The van der Waals surface area contributed by atoms with Crippen LogP contribution in [0.15, 0.2) is 42.0 Å². The van der Waals surface area contributed by atoms with Gasteiger partial charge in [-0.25, -0.2) is 0 Å². The fourth-order valence-electron chi connectivity index (χ4n) is 6.15. The minimum atomic E-state index is -0.384. The Balaban J connectivity index is 1.22. The topological polar surface area (TPSA) is 60.5 Å². The van der Waals surface area contributed by atoms with E-state index < -0.39 is 0 Å². The Kier molecular flexibility index (Phi) is 13.9. The molecule has 3 aliphatic heterocycles. The number of carbonyl (C=O) groups is 1. The number of unbranched alkanes of at least 4 members (excludes halogenated alkanes) is 2. The van der Waals surface area contributed by atoms with Crippen molar-refractivity contribution in [1.29, 1.82) is 0 Å². The van der Waals surface area contributed by atoms with Gasteiger partial charge >= 0.3 is 0 Å². The Morgan fingerprint density at radius 3 is 2.07 bits per heavy atom. The van der Waals surface area contributed by atoms with Crippen molar-refractivity contribution in [3.05, 3.63) is 58.7 Å². The largest absolute Gasteiger partial charge is 0.496 e. The lowest BCUT2D eigenvalue weighted by atomic mass is 9.92. The molecular weight excluding hydrogens is 617 g/mol. The summed E-state index contributed by atoms with van der Waals surface area (Å²) in [7, 11) is 1.61. The zero-order valence-electron chi connectivity index (χ0n) is 28.0. The number of hydrogen-bond acceptors (Lipinski definition) is 9. The number of methoxy groups -OCH3 is 1. The molecule has 0 spiro atoms. The second-order valence-corrected chi connectivity index (χ2v) is 15.0. The molecule has 3 heterocycles. The lowest BCUT2D eigenvalue weighted by Crippen LogP contribution is -2.33. The summed E-state index contributed by atoms with van der Waals surface area (Å²) in [6, 6.07) is 9.92. The molecule has 1 unspecified atom stereocenters. The van der Waals surface area contributed by atoms with Crippen LogP contribution in [0.2, 0.25) is 0 Å². The summed E-state index contributed by atoms with van der Waals surface area (Å²) in [5.41, 5.74) is 3.60. The number of allylic oxidation sites excluding steroid dienone is 2. The molecule has 1 atom stereocenters. The molecule has 46 heavy (non-hydrogen) atoms. The van der Waals surface area contributed by atoms with Crippen LogP contribution in [-0.4, -0.2) is 98.2 Å². The van der Waals surface area contributed by atoms with E-state index in [0.717, 1.165) is 61.4 Å². The summed E-state index contributed by atoms with van der Waals surface area (Å²) in [6.07, 6.45) is 6.94. The number of carbonyl (C=O) groups excluding carboxylic acids is 1. The molecule has 0 saturated carbocycles. The Bertz CT molecular complexity index is 1290. The van der Waals surface area contributed by atoms with Crippen molar-refractivity contribution in [3.8, 4) is 23.0 Å². The first-order chi connectivity index (χ1) is 22.5. The molecule has 0 aliphatic carbocycles. The molecule has 252 valence electrons. The maximum absolute atomic E-state index is 13.6. The van der Waals surface area contributed by atoms with E-state index in [9.17, 15) is 4.79 Å². The molecule has 5 rings (SSSR count). The number of ketones is 1. The van der Waals surface area contributed by atoms with Gasteiger partial charge in [0, 0.05) is 60.8 Å². The quantitative estimate of drug-likeness (QED) is 0.135. The van der Waals surface area contributed by atoms with E-state index in [-0.39, 0.29) is 18.3 Å². The maximum Gasteiger partial charge on any atom is 0.174 e. The zero-order chi connectivity index (χ0) is 32.1. The molecule has 2 aromatic rings. The molecule has 0 amide bonds. The number of nitrogens with zero attached hydrogens (tertiary/aromatic N) is 2. The van der Waals surface area contributed by atoms with Gasteiger partial charge in [-0.1, -0.05) is 23.8 Å². The fourth-order valence-corrected chi connectivity index (χ4v) is 8.11. The Morgan fingerprint density at radius 1 is 0.870 bits per heavy atom. The van der Waals surface area contributed by atoms with Crippen LogP contribution in [0.1, 0.15) is 73.5 Å². The van der Waals surface area contributed by atoms with Crippen LogP contribution < -0.4 is 18.9 Å². The highest BCUT2D eigenvalue weighted by atomic mass is 32.2. The van der Waals surface area contributed by atoms with Gasteiger partial charge in [-0.3, -0.25) is 4.79 Å². The number of hydrogen-bond donors (Lipinski definition) is 0.